The molecule has 0 saturated heterocycles. The molecule has 1 aliphatic heterocycles. The topological polar surface area (TPSA) is 37.4 Å². The third kappa shape index (κ3) is 2.76. The summed E-state index contributed by atoms with van der Waals surface area (Å²) >= 11 is 3.39. The van der Waals surface area contributed by atoms with Gasteiger partial charge in [0.2, 0.25) is 0 Å². The summed E-state index contributed by atoms with van der Waals surface area (Å²) in [6.45, 7) is 0.558. The van der Waals surface area contributed by atoms with Gasteiger partial charge in [0.25, 0.3) is 11.7 Å². The van der Waals surface area contributed by atoms with Crippen molar-refractivity contribution in [3.8, 4) is 0 Å². The molecule has 0 radical (unpaired) electrons. The molecular formula is C17H14BrNO2. The first-order valence-corrected chi connectivity index (χ1v) is 7.66. The predicted octanol–water partition coefficient (Wildman–Crippen LogP) is 3.61. The molecule has 106 valence electrons. The highest BCUT2D eigenvalue weighted by Crippen LogP contribution is 2.31. The van der Waals surface area contributed by atoms with E-state index in [4.69, 9.17) is 0 Å². The first-order chi connectivity index (χ1) is 10.2. The van der Waals surface area contributed by atoms with E-state index >= 15 is 0 Å². The number of carbonyl (C=O) groups excluding carboxylic acids is 2. The molecular weight excluding hydrogens is 330 g/mol. The number of carbonyl (C=O) groups is 2. The molecule has 3 nitrogen and oxygen atoms in total. The Bertz CT molecular complexity index is 697. The lowest BCUT2D eigenvalue weighted by Gasteiger charge is -2.16. The van der Waals surface area contributed by atoms with Gasteiger partial charge in [-0.15, -0.1) is 0 Å². The first kappa shape index (κ1) is 14.0. The molecule has 1 aliphatic rings. The summed E-state index contributed by atoms with van der Waals surface area (Å²) in [5, 5.41) is 0. The molecule has 0 N–H and O–H groups in total. The van der Waals surface area contributed by atoms with E-state index in [0.29, 0.717) is 17.8 Å². The molecule has 3 rings (SSSR count). The summed E-state index contributed by atoms with van der Waals surface area (Å²) in [6, 6.07) is 15.5. The molecule has 0 unspecified atom stereocenters. The molecule has 1 heterocycles. The van der Waals surface area contributed by atoms with Gasteiger partial charge in [-0.25, -0.2) is 0 Å². The van der Waals surface area contributed by atoms with Gasteiger partial charge in [0, 0.05) is 11.0 Å². The number of aryl methyl sites for hydroxylation is 1. The summed E-state index contributed by atoms with van der Waals surface area (Å²) < 4.78 is 0.872. The molecule has 0 spiro atoms. The fourth-order valence-corrected chi connectivity index (χ4v) is 2.92. The fraction of sp³-hybridized carbons (Fsp3) is 0.176. The molecule has 0 bridgehead atoms. The number of fused-ring (bicyclic) bond motifs is 1. The second kappa shape index (κ2) is 5.82. The fourth-order valence-electron chi connectivity index (χ4n) is 2.58. The third-order valence-corrected chi connectivity index (χ3v) is 4.12. The Morgan fingerprint density at radius 3 is 2.52 bits per heavy atom. The van der Waals surface area contributed by atoms with Gasteiger partial charge < -0.3 is 4.90 Å². The van der Waals surface area contributed by atoms with Crippen LogP contribution in [0.4, 0.5) is 5.69 Å². The van der Waals surface area contributed by atoms with E-state index < -0.39 is 11.7 Å². The number of hydrogen-bond donors (Lipinski definition) is 0. The van der Waals surface area contributed by atoms with Crippen LogP contribution in [-0.4, -0.2) is 18.2 Å². The Morgan fingerprint density at radius 2 is 1.76 bits per heavy atom. The average Bonchev–Trinajstić information content (AvgIpc) is 2.73. The summed E-state index contributed by atoms with van der Waals surface area (Å²) in [5.41, 5.74) is 2.46. The van der Waals surface area contributed by atoms with Crippen molar-refractivity contribution in [2.24, 2.45) is 0 Å². The minimum Gasteiger partial charge on any atom is -0.305 e. The van der Waals surface area contributed by atoms with Crippen LogP contribution in [0.25, 0.3) is 0 Å². The number of nitrogens with zero attached hydrogens (tertiary/aromatic N) is 1. The zero-order valence-corrected chi connectivity index (χ0v) is 13.0. The SMILES string of the molecule is O=C1C(=O)N(CCCc2ccccc2)c2cc(Br)ccc21. The monoisotopic (exact) mass is 343 g/mol. The standard InChI is InChI=1S/C17H14BrNO2/c18-13-8-9-14-15(11-13)19(17(21)16(14)20)10-4-7-12-5-2-1-3-6-12/h1-3,5-6,8-9,11H,4,7,10H2. The van der Waals surface area contributed by atoms with Crippen LogP contribution < -0.4 is 4.90 Å². The van der Waals surface area contributed by atoms with Gasteiger partial charge in [-0.05, 0) is 36.6 Å². The van der Waals surface area contributed by atoms with E-state index in [-0.39, 0.29) is 0 Å². The van der Waals surface area contributed by atoms with Crippen LogP contribution in [0.5, 0.6) is 0 Å². The summed E-state index contributed by atoms with van der Waals surface area (Å²) in [5.74, 6) is -0.826. The van der Waals surface area contributed by atoms with Gasteiger partial charge in [0.1, 0.15) is 0 Å². The number of Topliss-reactive ketones (excluding diaryl/α,β-unsaturated/α-hetero) is 1. The van der Waals surface area contributed by atoms with Crippen molar-refractivity contribution in [2.45, 2.75) is 12.8 Å². The molecule has 0 fully saturated rings. The van der Waals surface area contributed by atoms with Gasteiger partial charge >= 0.3 is 0 Å². The van der Waals surface area contributed by atoms with Crippen LogP contribution in [0.1, 0.15) is 22.3 Å². The number of halogens is 1. The third-order valence-electron chi connectivity index (χ3n) is 3.62. The normalized spacial score (nSPS) is 13.7. The number of ketones is 1. The molecule has 21 heavy (non-hydrogen) atoms. The van der Waals surface area contributed by atoms with Gasteiger partial charge in [0.05, 0.1) is 11.3 Å². The summed E-state index contributed by atoms with van der Waals surface area (Å²) in [7, 11) is 0. The van der Waals surface area contributed by atoms with Crippen molar-refractivity contribution in [3.63, 3.8) is 0 Å². The predicted molar refractivity (Wildman–Crippen MR) is 85.6 cm³/mol. The molecule has 0 saturated carbocycles. The van der Waals surface area contributed by atoms with Crippen LogP contribution in [0.2, 0.25) is 0 Å². The van der Waals surface area contributed by atoms with Gasteiger partial charge in [0.15, 0.2) is 0 Å². The lowest BCUT2D eigenvalue weighted by atomic mass is 10.1. The smallest absolute Gasteiger partial charge is 0.299 e. The summed E-state index contributed by atoms with van der Waals surface area (Å²) in [6.07, 6.45) is 1.72. The van der Waals surface area contributed by atoms with Crippen LogP contribution in [0, 0.1) is 0 Å². The molecule has 1 amide bonds. The number of amides is 1. The van der Waals surface area contributed by atoms with Crippen molar-refractivity contribution in [1.29, 1.82) is 0 Å². The molecule has 2 aromatic carbocycles. The van der Waals surface area contributed by atoms with E-state index in [1.807, 2.05) is 24.3 Å². The van der Waals surface area contributed by atoms with Crippen molar-refractivity contribution in [2.75, 3.05) is 11.4 Å². The van der Waals surface area contributed by atoms with Crippen molar-refractivity contribution < 1.29 is 9.59 Å². The number of benzene rings is 2. The number of anilines is 1. The quantitative estimate of drug-likeness (QED) is 0.795. The van der Waals surface area contributed by atoms with E-state index in [1.54, 1.807) is 17.0 Å². The minimum atomic E-state index is -0.420. The van der Waals surface area contributed by atoms with Crippen molar-refractivity contribution >= 4 is 33.3 Å². The Morgan fingerprint density at radius 1 is 1.00 bits per heavy atom. The second-order valence-corrected chi connectivity index (χ2v) is 5.95. The first-order valence-electron chi connectivity index (χ1n) is 6.86. The second-order valence-electron chi connectivity index (χ2n) is 5.04. The highest BCUT2D eigenvalue weighted by molar-refractivity contribution is 9.10. The highest BCUT2D eigenvalue weighted by Gasteiger charge is 2.35. The maximum Gasteiger partial charge on any atom is 0.299 e. The molecule has 0 aromatic heterocycles. The number of hydrogen-bond acceptors (Lipinski definition) is 2. The molecule has 4 heteroatoms. The van der Waals surface area contributed by atoms with Crippen molar-refractivity contribution in [1.82, 2.24) is 0 Å². The zero-order valence-electron chi connectivity index (χ0n) is 11.4. The van der Waals surface area contributed by atoms with E-state index in [1.165, 1.54) is 5.56 Å². The molecule has 0 atom stereocenters. The molecule has 2 aromatic rings. The van der Waals surface area contributed by atoms with Gasteiger partial charge in [-0.2, -0.15) is 0 Å². The van der Waals surface area contributed by atoms with E-state index in [9.17, 15) is 9.59 Å². The minimum absolute atomic E-state index is 0.405. The maximum atomic E-state index is 12.1. The Balaban J connectivity index is 1.73. The van der Waals surface area contributed by atoms with Crippen LogP contribution in [0.3, 0.4) is 0 Å². The lowest BCUT2D eigenvalue weighted by molar-refractivity contribution is -0.114. The maximum absolute atomic E-state index is 12.1. The van der Waals surface area contributed by atoms with Gasteiger partial charge in [-0.3, -0.25) is 9.59 Å². The molecule has 0 aliphatic carbocycles. The van der Waals surface area contributed by atoms with E-state index in [2.05, 4.69) is 28.1 Å². The van der Waals surface area contributed by atoms with Crippen LogP contribution in [0.15, 0.2) is 53.0 Å². The van der Waals surface area contributed by atoms with Crippen molar-refractivity contribution in [3.05, 3.63) is 64.1 Å². The zero-order chi connectivity index (χ0) is 14.8. The van der Waals surface area contributed by atoms with Crippen LogP contribution >= 0.6 is 15.9 Å². The summed E-state index contributed by atoms with van der Waals surface area (Å²) in [4.78, 5) is 25.6. The average molecular weight is 344 g/mol. The number of rotatable bonds is 4. The Hall–Kier alpha value is -1.94. The highest BCUT2D eigenvalue weighted by atomic mass is 79.9. The van der Waals surface area contributed by atoms with Crippen LogP contribution in [-0.2, 0) is 11.2 Å². The largest absolute Gasteiger partial charge is 0.305 e. The Kier molecular flexibility index (Phi) is 3.88. The van der Waals surface area contributed by atoms with E-state index in [0.717, 1.165) is 17.3 Å². The van der Waals surface area contributed by atoms with Gasteiger partial charge in [-0.1, -0.05) is 46.3 Å². The Labute approximate surface area is 131 Å². The lowest BCUT2D eigenvalue weighted by Crippen LogP contribution is -2.30.